The van der Waals surface area contributed by atoms with Gasteiger partial charge in [-0.05, 0) is 59.7 Å². The van der Waals surface area contributed by atoms with Gasteiger partial charge in [-0.25, -0.2) is 4.39 Å². The molecule has 2 aromatic carbocycles. The Bertz CT molecular complexity index is 1470. The summed E-state index contributed by atoms with van der Waals surface area (Å²) in [7, 11) is 3.05. The van der Waals surface area contributed by atoms with Crippen LogP contribution in [0.15, 0.2) is 46.6 Å². The molecule has 8 nitrogen and oxygen atoms in total. The molecule has 5 N–H and O–H groups in total. The standard InChI is InChI=1S/C24H24FN5O3.C4H6S/c1-27-18-10-17(25)19(9-14(18)11-26)29-24(33)20-15(12-4-3-5-12)7-6-13-8-16(22(31)28-2)23(32)30-21(13)20;1-2-4-5-3-1/h6-12,26-27H,3-5H2,1-2H3,(H,28,31)(H,29,33)(H,30,32);1,3H,2,4H2. The summed E-state index contributed by atoms with van der Waals surface area (Å²) in [6.45, 7) is 0. The molecule has 0 bridgehead atoms. The van der Waals surface area contributed by atoms with Gasteiger partial charge < -0.3 is 26.3 Å². The maximum Gasteiger partial charge on any atom is 0.261 e. The van der Waals surface area contributed by atoms with Gasteiger partial charge >= 0.3 is 0 Å². The molecule has 5 rings (SSSR count). The fourth-order valence-corrected chi connectivity index (χ4v) is 5.13. The van der Waals surface area contributed by atoms with E-state index in [9.17, 15) is 18.8 Å². The number of H-pyrrole nitrogens is 1. The van der Waals surface area contributed by atoms with Gasteiger partial charge in [-0.3, -0.25) is 14.4 Å². The highest BCUT2D eigenvalue weighted by Gasteiger charge is 2.28. The van der Waals surface area contributed by atoms with Crippen LogP contribution in [0.4, 0.5) is 15.8 Å². The number of fused-ring (bicyclic) bond motifs is 1. The third kappa shape index (κ3) is 5.65. The maximum atomic E-state index is 14.7. The SMILES string of the molecule is C1=CSCC1.CNC(=O)c1cc2ccc(C3CCC3)c(C(=O)Nc3cc(C=N)c(NC)cc3F)c2[nH]c1=O. The molecular weight excluding hydrogens is 505 g/mol. The minimum atomic E-state index is -0.654. The van der Waals surface area contributed by atoms with Crippen LogP contribution < -0.4 is 21.5 Å². The Morgan fingerprint density at radius 3 is 2.47 bits per heavy atom. The van der Waals surface area contributed by atoms with Crippen LogP contribution in [0.5, 0.6) is 0 Å². The van der Waals surface area contributed by atoms with Crippen molar-refractivity contribution in [2.45, 2.75) is 31.6 Å². The lowest BCUT2D eigenvalue weighted by atomic mass is 9.77. The summed E-state index contributed by atoms with van der Waals surface area (Å²) >= 11 is 1.89. The van der Waals surface area contributed by atoms with Crippen LogP contribution in [0.3, 0.4) is 0 Å². The van der Waals surface area contributed by atoms with Gasteiger partial charge in [-0.15, -0.1) is 11.8 Å². The van der Waals surface area contributed by atoms with E-state index in [4.69, 9.17) is 5.41 Å². The predicted molar refractivity (Wildman–Crippen MR) is 153 cm³/mol. The average Bonchev–Trinajstić information content (AvgIpc) is 3.48. The van der Waals surface area contributed by atoms with Crippen molar-refractivity contribution in [3.05, 3.63) is 80.2 Å². The molecule has 10 heteroatoms. The third-order valence-electron chi connectivity index (χ3n) is 6.70. The predicted octanol–water partition coefficient (Wildman–Crippen LogP) is 5.22. The van der Waals surface area contributed by atoms with Crippen LogP contribution in [0, 0.1) is 11.2 Å². The molecule has 38 heavy (non-hydrogen) atoms. The van der Waals surface area contributed by atoms with Gasteiger partial charge in [-0.1, -0.05) is 24.6 Å². The summed E-state index contributed by atoms with van der Waals surface area (Å²) < 4.78 is 14.7. The number of rotatable bonds is 6. The fraction of sp³-hybridized carbons (Fsp3) is 0.286. The van der Waals surface area contributed by atoms with E-state index < -0.39 is 23.2 Å². The van der Waals surface area contributed by atoms with Crippen LogP contribution in [-0.4, -0.2) is 42.9 Å². The number of pyridine rings is 1. The molecule has 0 atom stereocenters. The van der Waals surface area contributed by atoms with E-state index in [1.807, 2.05) is 17.8 Å². The van der Waals surface area contributed by atoms with Crippen molar-refractivity contribution in [3.63, 3.8) is 0 Å². The zero-order chi connectivity index (χ0) is 27.2. The number of anilines is 2. The highest BCUT2D eigenvalue weighted by Crippen LogP contribution is 2.40. The lowest BCUT2D eigenvalue weighted by Crippen LogP contribution is -2.27. The lowest BCUT2D eigenvalue weighted by Gasteiger charge is -2.28. The number of carbonyl (C=O) groups excluding carboxylic acids is 2. The third-order valence-corrected chi connectivity index (χ3v) is 7.56. The molecule has 2 amide bonds. The summed E-state index contributed by atoms with van der Waals surface area (Å²) in [5.74, 6) is -0.291. The van der Waals surface area contributed by atoms with Crippen molar-refractivity contribution in [2.24, 2.45) is 0 Å². The first-order valence-electron chi connectivity index (χ1n) is 12.4. The van der Waals surface area contributed by atoms with Crippen molar-refractivity contribution in [3.8, 4) is 0 Å². The van der Waals surface area contributed by atoms with Crippen LogP contribution in [-0.2, 0) is 0 Å². The highest BCUT2D eigenvalue weighted by molar-refractivity contribution is 8.02. The van der Waals surface area contributed by atoms with Crippen molar-refractivity contribution < 1.29 is 14.0 Å². The minimum absolute atomic E-state index is 0.0583. The molecule has 2 aliphatic rings. The van der Waals surface area contributed by atoms with Gasteiger partial charge in [0.05, 0.1) is 16.8 Å². The molecule has 0 saturated heterocycles. The number of benzene rings is 2. The molecule has 0 radical (unpaired) electrons. The Balaban J connectivity index is 0.000000603. The maximum absolute atomic E-state index is 14.7. The Labute approximate surface area is 224 Å². The van der Waals surface area contributed by atoms with Gasteiger partial charge in [-0.2, -0.15) is 0 Å². The molecule has 198 valence electrons. The molecule has 1 aliphatic heterocycles. The average molecular weight is 536 g/mol. The zero-order valence-corrected chi connectivity index (χ0v) is 22.1. The number of aromatic amines is 1. The number of carbonyl (C=O) groups is 2. The van der Waals surface area contributed by atoms with Crippen molar-refractivity contribution in [1.29, 1.82) is 5.41 Å². The van der Waals surface area contributed by atoms with Gasteiger partial charge in [0.25, 0.3) is 17.4 Å². The minimum Gasteiger partial charge on any atom is -0.388 e. The summed E-state index contributed by atoms with van der Waals surface area (Å²) in [5, 5.41) is 18.1. The largest absolute Gasteiger partial charge is 0.388 e. The Kier molecular flexibility index (Phi) is 8.62. The molecule has 1 fully saturated rings. The van der Waals surface area contributed by atoms with Gasteiger partial charge in [0.15, 0.2) is 0 Å². The topological polar surface area (TPSA) is 127 Å². The van der Waals surface area contributed by atoms with E-state index in [2.05, 4.69) is 32.4 Å². The van der Waals surface area contributed by atoms with Crippen LogP contribution in [0.25, 0.3) is 10.9 Å². The molecular formula is C28H30FN5O3S. The van der Waals surface area contributed by atoms with Crippen LogP contribution in [0.1, 0.15) is 63.4 Å². The van der Waals surface area contributed by atoms with Gasteiger partial charge in [0, 0.05) is 37.3 Å². The second kappa shape index (κ2) is 12.1. The van der Waals surface area contributed by atoms with E-state index in [-0.39, 0.29) is 22.7 Å². The molecule has 3 aromatic rings. The fourth-order valence-electron chi connectivity index (χ4n) is 4.45. The number of aromatic nitrogens is 1. The van der Waals surface area contributed by atoms with Crippen molar-refractivity contribution >= 4 is 52.1 Å². The smallest absolute Gasteiger partial charge is 0.261 e. The van der Waals surface area contributed by atoms with Crippen LogP contribution >= 0.6 is 11.8 Å². The number of allylic oxidation sites excluding steroid dienone is 1. The van der Waals surface area contributed by atoms with Crippen molar-refractivity contribution in [2.75, 3.05) is 30.5 Å². The summed E-state index contributed by atoms with van der Waals surface area (Å²) in [4.78, 5) is 40.8. The van der Waals surface area contributed by atoms with Crippen LogP contribution in [0.2, 0.25) is 0 Å². The van der Waals surface area contributed by atoms with Gasteiger partial charge in [0.2, 0.25) is 0 Å². The quantitative estimate of drug-likeness (QED) is 0.277. The first-order chi connectivity index (χ1) is 18.4. The Morgan fingerprint density at radius 1 is 1.13 bits per heavy atom. The molecule has 1 aromatic heterocycles. The molecule has 0 unspecified atom stereocenters. The van der Waals surface area contributed by atoms with E-state index >= 15 is 0 Å². The summed E-state index contributed by atoms with van der Waals surface area (Å²) in [6, 6.07) is 7.65. The van der Waals surface area contributed by atoms with E-state index in [0.717, 1.165) is 31.0 Å². The number of thioether (sulfide) groups is 1. The first-order valence-corrected chi connectivity index (χ1v) is 13.4. The molecule has 1 aliphatic carbocycles. The molecule has 0 spiro atoms. The monoisotopic (exact) mass is 535 g/mol. The number of halogens is 1. The lowest BCUT2D eigenvalue weighted by molar-refractivity contribution is 0.0961. The first kappa shape index (κ1) is 27.1. The number of amides is 2. The molecule has 1 saturated carbocycles. The van der Waals surface area contributed by atoms with Gasteiger partial charge in [0.1, 0.15) is 11.4 Å². The number of nitrogens with one attached hydrogen (secondary N) is 5. The number of hydrogen-bond acceptors (Lipinski definition) is 6. The Morgan fingerprint density at radius 2 is 1.92 bits per heavy atom. The number of hydrogen-bond donors (Lipinski definition) is 5. The normalized spacial score (nSPS) is 14.3. The Hall–Kier alpha value is -3.92. The van der Waals surface area contributed by atoms with E-state index in [1.54, 1.807) is 13.1 Å². The highest BCUT2D eigenvalue weighted by atomic mass is 32.2. The summed E-state index contributed by atoms with van der Waals surface area (Å²) in [5.41, 5.74) is 1.42. The molecule has 2 heterocycles. The van der Waals surface area contributed by atoms with E-state index in [1.165, 1.54) is 37.4 Å². The second-order valence-electron chi connectivity index (χ2n) is 9.01. The van der Waals surface area contributed by atoms with Crippen molar-refractivity contribution in [1.82, 2.24) is 10.3 Å². The van der Waals surface area contributed by atoms with E-state index in [0.29, 0.717) is 22.2 Å². The second-order valence-corrected chi connectivity index (χ2v) is 10.0. The summed E-state index contributed by atoms with van der Waals surface area (Å²) in [6.07, 6.45) is 7.41. The zero-order valence-electron chi connectivity index (χ0n) is 21.2.